The molecule has 1 N–H and O–H groups in total. The second-order valence-electron chi connectivity index (χ2n) is 8.39. The minimum absolute atomic E-state index is 0.0881. The molecular weight excluding hydrogens is 366 g/mol. The zero-order valence-electron chi connectivity index (χ0n) is 16.7. The van der Waals surface area contributed by atoms with Crippen LogP contribution in [0, 0.1) is 0 Å². The van der Waals surface area contributed by atoms with Crippen LogP contribution in [0.25, 0.3) is 0 Å². The maximum atomic E-state index is 11.4. The lowest BCUT2D eigenvalue weighted by Gasteiger charge is -2.39. The van der Waals surface area contributed by atoms with E-state index in [0.717, 1.165) is 24.9 Å². The van der Waals surface area contributed by atoms with E-state index in [9.17, 15) is 4.79 Å². The quantitative estimate of drug-likeness (QED) is 0.864. The molecule has 3 aliphatic heterocycles. The van der Waals surface area contributed by atoms with Gasteiger partial charge < -0.3 is 14.8 Å². The van der Waals surface area contributed by atoms with Gasteiger partial charge in [0.2, 0.25) is 5.91 Å². The van der Waals surface area contributed by atoms with E-state index >= 15 is 0 Å². The number of hydrogen-bond donors (Lipinski definition) is 1. The molecule has 2 fully saturated rings. The molecule has 2 unspecified atom stereocenters. The van der Waals surface area contributed by atoms with Crippen molar-refractivity contribution in [1.29, 1.82) is 0 Å². The third-order valence-electron chi connectivity index (χ3n) is 6.39. The Morgan fingerprint density at radius 3 is 2.66 bits per heavy atom. The highest BCUT2D eigenvalue weighted by Gasteiger charge is 2.40. The molecule has 152 valence electrons. The Morgan fingerprint density at radius 2 is 1.93 bits per heavy atom. The molecule has 2 bridgehead atoms. The van der Waals surface area contributed by atoms with E-state index in [-0.39, 0.29) is 12.0 Å². The van der Waals surface area contributed by atoms with Crippen molar-refractivity contribution < 1.29 is 14.3 Å². The first-order chi connectivity index (χ1) is 14.2. The highest BCUT2D eigenvalue weighted by Crippen LogP contribution is 2.37. The summed E-state index contributed by atoms with van der Waals surface area (Å²) in [6.07, 6.45) is 6.19. The standard InChI is InChI=1S/C23H27N3O3/c1-15(27)25-18-11-19-8-9-20(12-18)26(19)13-16-4-6-17(7-5-16)22-14-28-21-3-2-10-24-23(21)29-22/h2-7,10,18-20,22H,8-9,11-14H2,1H3,(H,25,27)/t18?,19?,20?,22-/m1/s1. The molecule has 4 heterocycles. The van der Waals surface area contributed by atoms with Crippen molar-refractivity contribution >= 4 is 5.91 Å². The van der Waals surface area contributed by atoms with Crippen molar-refractivity contribution in [1.82, 2.24) is 15.2 Å². The van der Waals surface area contributed by atoms with Crippen LogP contribution in [0.4, 0.5) is 0 Å². The van der Waals surface area contributed by atoms with E-state index in [1.807, 2.05) is 12.1 Å². The molecule has 3 aliphatic rings. The number of pyridine rings is 1. The predicted molar refractivity (Wildman–Crippen MR) is 109 cm³/mol. The van der Waals surface area contributed by atoms with Gasteiger partial charge >= 0.3 is 0 Å². The summed E-state index contributed by atoms with van der Waals surface area (Å²) >= 11 is 0. The number of benzene rings is 1. The fraction of sp³-hybridized carbons (Fsp3) is 0.478. The topological polar surface area (TPSA) is 63.7 Å². The van der Waals surface area contributed by atoms with E-state index in [1.165, 1.54) is 18.4 Å². The Balaban J connectivity index is 1.22. The summed E-state index contributed by atoms with van der Waals surface area (Å²) in [6.45, 7) is 3.08. The molecule has 3 atom stereocenters. The van der Waals surface area contributed by atoms with Crippen LogP contribution in [-0.4, -0.2) is 40.5 Å². The average molecular weight is 393 g/mol. The molecule has 0 aliphatic carbocycles. The molecule has 1 aromatic carbocycles. The number of carbonyl (C=O) groups is 1. The maximum absolute atomic E-state index is 11.4. The van der Waals surface area contributed by atoms with Crippen LogP contribution < -0.4 is 14.8 Å². The fourth-order valence-corrected chi connectivity index (χ4v) is 5.06. The van der Waals surface area contributed by atoms with Crippen LogP contribution in [0.5, 0.6) is 11.6 Å². The van der Waals surface area contributed by atoms with Gasteiger partial charge in [0.1, 0.15) is 6.61 Å². The monoisotopic (exact) mass is 393 g/mol. The lowest BCUT2D eigenvalue weighted by molar-refractivity contribution is -0.120. The molecule has 2 aromatic rings. The van der Waals surface area contributed by atoms with Gasteiger partial charge in [-0.3, -0.25) is 9.69 Å². The number of nitrogens with zero attached hydrogens (tertiary/aromatic N) is 2. The first-order valence-corrected chi connectivity index (χ1v) is 10.5. The SMILES string of the molecule is CC(=O)NC1CC2CCC(C1)N2Cc1ccc([C@H]2COc3cccnc3O2)cc1. The molecule has 5 rings (SSSR count). The summed E-state index contributed by atoms with van der Waals surface area (Å²) in [4.78, 5) is 18.3. The maximum Gasteiger partial charge on any atom is 0.257 e. The van der Waals surface area contributed by atoms with Crippen LogP contribution >= 0.6 is 0 Å². The summed E-state index contributed by atoms with van der Waals surface area (Å²) in [5, 5.41) is 3.12. The number of piperidine rings is 1. The number of hydrogen-bond acceptors (Lipinski definition) is 5. The zero-order valence-corrected chi connectivity index (χ0v) is 16.7. The second kappa shape index (κ2) is 7.67. The summed E-state index contributed by atoms with van der Waals surface area (Å²) in [7, 11) is 0. The van der Waals surface area contributed by atoms with Gasteiger partial charge in [0.25, 0.3) is 5.88 Å². The van der Waals surface area contributed by atoms with Gasteiger partial charge in [-0.2, -0.15) is 0 Å². The number of ether oxygens (including phenoxy) is 2. The van der Waals surface area contributed by atoms with Crippen LogP contribution in [0.2, 0.25) is 0 Å². The van der Waals surface area contributed by atoms with Crippen molar-refractivity contribution in [3.63, 3.8) is 0 Å². The van der Waals surface area contributed by atoms with Gasteiger partial charge in [0.15, 0.2) is 11.9 Å². The van der Waals surface area contributed by atoms with Crippen molar-refractivity contribution in [2.45, 2.75) is 63.4 Å². The van der Waals surface area contributed by atoms with Gasteiger partial charge in [0.05, 0.1) is 0 Å². The summed E-state index contributed by atoms with van der Waals surface area (Å²) in [5.41, 5.74) is 2.43. The van der Waals surface area contributed by atoms with Gasteiger partial charge in [0, 0.05) is 37.8 Å². The lowest BCUT2D eigenvalue weighted by Crippen LogP contribution is -2.49. The third kappa shape index (κ3) is 3.81. The number of rotatable bonds is 4. The second-order valence-corrected chi connectivity index (χ2v) is 8.39. The minimum atomic E-state index is -0.129. The van der Waals surface area contributed by atoms with E-state index in [1.54, 1.807) is 13.1 Å². The molecule has 6 heteroatoms. The molecular formula is C23H27N3O3. The highest BCUT2D eigenvalue weighted by molar-refractivity contribution is 5.73. The van der Waals surface area contributed by atoms with Crippen LogP contribution in [0.3, 0.4) is 0 Å². The Kier molecular flexibility index (Phi) is 4.87. The number of nitrogens with one attached hydrogen (secondary N) is 1. The van der Waals surface area contributed by atoms with Crippen LogP contribution in [-0.2, 0) is 11.3 Å². The predicted octanol–water partition coefficient (Wildman–Crippen LogP) is 3.23. The van der Waals surface area contributed by atoms with E-state index in [4.69, 9.17) is 9.47 Å². The third-order valence-corrected chi connectivity index (χ3v) is 6.39. The van der Waals surface area contributed by atoms with Gasteiger partial charge in [-0.1, -0.05) is 24.3 Å². The number of aromatic nitrogens is 1. The molecule has 1 aromatic heterocycles. The fourth-order valence-electron chi connectivity index (χ4n) is 5.06. The van der Waals surface area contributed by atoms with E-state index in [0.29, 0.717) is 36.4 Å². The first-order valence-electron chi connectivity index (χ1n) is 10.5. The van der Waals surface area contributed by atoms with Crippen molar-refractivity contribution in [3.8, 4) is 11.6 Å². The molecule has 2 saturated heterocycles. The zero-order chi connectivity index (χ0) is 19.8. The minimum Gasteiger partial charge on any atom is -0.484 e. The Morgan fingerprint density at radius 1 is 1.17 bits per heavy atom. The Labute approximate surface area is 171 Å². The molecule has 0 spiro atoms. The summed E-state index contributed by atoms with van der Waals surface area (Å²) in [5.74, 6) is 1.36. The van der Waals surface area contributed by atoms with Crippen LogP contribution in [0.1, 0.15) is 49.8 Å². The summed E-state index contributed by atoms with van der Waals surface area (Å²) in [6, 6.07) is 13.9. The molecule has 29 heavy (non-hydrogen) atoms. The van der Waals surface area contributed by atoms with Gasteiger partial charge in [-0.25, -0.2) is 4.98 Å². The Hall–Kier alpha value is -2.60. The van der Waals surface area contributed by atoms with Crippen molar-refractivity contribution in [2.24, 2.45) is 0 Å². The largest absolute Gasteiger partial charge is 0.484 e. The first kappa shape index (κ1) is 18.4. The van der Waals surface area contributed by atoms with Gasteiger partial charge in [-0.15, -0.1) is 0 Å². The number of carbonyl (C=O) groups excluding carboxylic acids is 1. The van der Waals surface area contributed by atoms with E-state index < -0.39 is 0 Å². The molecule has 1 amide bonds. The molecule has 6 nitrogen and oxygen atoms in total. The smallest absolute Gasteiger partial charge is 0.257 e. The van der Waals surface area contributed by atoms with Crippen molar-refractivity contribution in [2.75, 3.05) is 6.61 Å². The number of amides is 1. The average Bonchev–Trinajstić information content (AvgIpc) is 2.95. The molecule has 0 radical (unpaired) electrons. The van der Waals surface area contributed by atoms with E-state index in [2.05, 4.69) is 39.5 Å². The Bertz CT molecular complexity index is 871. The summed E-state index contributed by atoms with van der Waals surface area (Å²) < 4.78 is 11.8. The van der Waals surface area contributed by atoms with Crippen LogP contribution in [0.15, 0.2) is 42.6 Å². The van der Waals surface area contributed by atoms with Crippen molar-refractivity contribution in [3.05, 3.63) is 53.7 Å². The lowest BCUT2D eigenvalue weighted by atomic mass is 9.96. The normalized spacial score (nSPS) is 28.2. The highest BCUT2D eigenvalue weighted by atomic mass is 16.6. The van der Waals surface area contributed by atoms with Gasteiger partial charge in [-0.05, 0) is 48.9 Å². The number of fused-ring (bicyclic) bond motifs is 3. The molecule has 0 saturated carbocycles.